The highest BCUT2D eigenvalue weighted by Gasteiger charge is 2.09. The van der Waals surface area contributed by atoms with Crippen molar-refractivity contribution in [1.82, 2.24) is 0 Å². The number of nitrogens with zero attached hydrogens (tertiary/aromatic N) is 1. The van der Waals surface area contributed by atoms with Crippen LogP contribution in [-0.2, 0) is 9.53 Å². The Labute approximate surface area is 102 Å². The van der Waals surface area contributed by atoms with E-state index in [-0.39, 0.29) is 18.1 Å². The van der Waals surface area contributed by atoms with Gasteiger partial charge in [0.05, 0.1) is 18.5 Å². The van der Waals surface area contributed by atoms with E-state index >= 15 is 0 Å². The number of nitrogens with two attached hydrogens (primary N) is 1. The van der Waals surface area contributed by atoms with E-state index in [1.165, 1.54) is 31.0 Å². The fourth-order valence-corrected chi connectivity index (χ4v) is 2.08. The van der Waals surface area contributed by atoms with Crippen LogP contribution in [0.5, 0.6) is 0 Å². The van der Waals surface area contributed by atoms with Crippen LogP contribution in [0.25, 0.3) is 0 Å². The van der Waals surface area contributed by atoms with Crippen molar-refractivity contribution in [2.75, 3.05) is 18.6 Å². The molecule has 0 aromatic heterocycles. The highest BCUT2D eigenvalue weighted by atomic mass is 32.2. The molecule has 0 bridgehead atoms. The molecule has 0 unspecified atom stereocenters. The van der Waals surface area contributed by atoms with Gasteiger partial charge in [-0.3, -0.25) is 14.9 Å². The summed E-state index contributed by atoms with van der Waals surface area (Å²) in [5.41, 5.74) is 5.83. The SMILES string of the molecule is COC(=O)CCSc1cc(N)cc([N+](=O)[O-])c1. The zero-order chi connectivity index (χ0) is 12.8. The minimum atomic E-state index is -0.499. The highest BCUT2D eigenvalue weighted by Crippen LogP contribution is 2.26. The van der Waals surface area contributed by atoms with Crippen LogP contribution < -0.4 is 5.73 Å². The Kier molecular flexibility index (Phi) is 4.77. The normalized spacial score (nSPS) is 9.94. The van der Waals surface area contributed by atoms with Gasteiger partial charge in [0.2, 0.25) is 0 Å². The van der Waals surface area contributed by atoms with E-state index in [0.29, 0.717) is 16.3 Å². The molecule has 0 aliphatic carbocycles. The number of ether oxygens (including phenoxy) is 1. The van der Waals surface area contributed by atoms with E-state index in [9.17, 15) is 14.9 Å². The minimum absolute atomic E-state index is 0.0504. The van der Waals surface area contributed by atoms with Gasteiger partial charge in [-0.25, -0.2) is 0 Å². The van der Waals surface area contributed by atoms with Gasteiger partial charge in [-0.15, -0.1) is 11.8 Å². The number of carbonyl (C=O) groups is 1. The Hall–Kier alpha value is -1.76. The molecule has 6 nitrogen and oxygen atoms in total. The van der Waals surface area contributed by atoms with E-state index in [1.807, 2.05) is 0 Å². The summed E-state index contributed by atoms with van der Waals surface area (Å²) in [6.07, 6.45) is 0.254. The van der Waals surface area contributed by atoms with Gasteiger partial charge < -0.3 is 10.5 Å². The molecule has 0 amide bonds. The van der Waals surface area contributed by atoms with Crippen molar-refractivity contribution in [1.29, 1.82) is 0 Å². The van der Waals surface area contributed by atoms with Gasteiger partial charge in [0.1, 0.15) is 0 Å². The van der Waals surface area contributed by atoms with E-state index in [4.69, 9.17) is 5.73 Å². The van der Waals surface area contributed by atoms with Gasteiger partial charge in [-0.2, -0.15) is 0 Å². The van der Waals surface area contributed by atoms with Crippen molar-refractivity contribution in [3.63, 3.8) is 0 Å². The smallest absolute Gasteiger partial charge is 0.306 e. The monoisotopic (exact) mass is 256 g/mol. The number of nitrogen functional groups attached to an aromatic ring is 1. The highest BCUT2D eigenvalue weighted by molar-refractivity contribution is 7.99. The van der Waals surface area contributed by atoms with Crippen molar-refractivity contribution in [2.45, 2.75) is 11.3 Å². The number of non-ortho nitro benzene ring substituents is 1. The molecule has 1 rings (SSSR count). The van der Waals surface area contributed by atoms with Gasteiger partial charge in [0.15, 0.2) is 0 Å². The lowest BCUT2D eigenvalue weighted by Gasteiger charge is -2.02. The predicted octanol–water partition coefficient (Wildman–Crippen LogP) is 1.83. The molecular weight excluding hydrogens is 244 g/mol. The molecule has 17 heavy (non-hydrogen) atoms. The molecule has 0 radical (unpaired) electrons. The molecular formula is C10H12N2O4S. The molecule has 0 heterocycles. The first-order valence-corrected chi connectivity index (χ1v) is 5.76. The van der Waals surface area contributed by atoms with Crippen LogP contribution in [0.1, 0.15) is 6.42 Å². The van der Waals surface area contributed by atoms with Gasteiger partial charge in [0, 0.05) is 28.5 Å². The summed E-state index contributed by atoms with van der Waals surface area (Å²) in [7, 11) is 1.32. The second-order valence-corrected chi connectivity index (χ2v) is 4.36. The molecule has 0 atom stereocenters. The number of benzene rings is 1. The molecule has 1 aromatic carbocycles. The summed E-state index contributed by atoms with van der Waals surface area (Å²) >= 11 is 1.32. The quantitative estimate of drug-likeness (QED) is 0.284. The standard InChI is InChI=1S/C10H12N2O4S/c1-16-10(13)2-3-17-9-5-7(11)4-8(6-9)12(14)15/h4-6H,2-3,11H2,1H3. The maximum atomic E-state index is 10.9. The Bertz CT molecular complexity index is 436. The van der Waals surface area contributed by atoms with Crippen molar-refractivity contribution < 1.29 is 14.5 Å². The fraction of sp³-hybridized carbons (Fsp3) is 0.300. The second kappa shape index (κ2) is 6.09. The third-order valence-electron chi connectivity index (χ3n) is 1.93. The molecule has 2 N–H and O–H groups in total. The second-order valence-electron chi connectivity index (χ2n) is 3.19. The zero-order valence-electron chi connectivity index (χ0n) is 9.21. The van der Waals surface area contributed by atoms with Crippen molar-refractivity contribution >= 4 is 29.1 Å². The Morgan fingerprint density at radius 3 is 2.82 bits per heavy atom. The molecule has 0 aliphatic heterocycles. The van der Waals surface area contributed by atoms with Crippen LogP contribution in [0.15, 0.2) is 23.1 Å². The number of anilines is 1. The number of nitro benzene ring substituents is 1. The summed E-state index contributed by atoms with van der Waals surface area (Å²) in [4.78, 5) is 21.6. The largest absolute Gasteiger partial charge is 0.469 e. The van der Waals surface area contributed by atoms with Gasteiger partial charge in [-0.1, -0.05) is 0 Å². The molecule has 0 saturated carbocycles. The lowest BCUT2D eigenvalue weighted by atomic mass is 10.3. The summed E-state index contributed by atoms with van der Waals surface area (Å²) < 4.78 is 4.49. The first kappa shape index (κ1) is 13.3. The molecule has 0 aliphatic rings. The maximum Gasteiger partial charge on any atom is 0.306 e. The summed E-state index contributed by atoms with van der Waals surface area (Å²) in [5, 5.41) is 10.6. The number of rotatable bonds is 5. The number of thioether (sulfide) groups is 1. The van der Waals surface area contributed by atoms with E-state index in [2.05, 4.69) is 4.74 Å². The third-order valence-corrected chi connectivity index (χ3v) is 2.90. The summed E-state index contributed by atoms with van der Waals surface area (Å²) in [6.45, 7) is 0. The molecule has 92 valence electrons. The van der Waals surface area contributed by atoms with Crippen LogP contribution in [-0.4, -0.2) is 23.8 Å². The molecule has 1 aromatic rings. The van der Waals surface area contributed by atoms with Gasteiger partial charge >= 0.3 is 5.97 Å². The number of hydrogen-bond donors (Lipinski definition) is 1. The zero-order valence-corrected chi connectivity index (χ0v) is 10.0. The van der Waals surface area contributed by atoms with Gasteiger partial charge in [0.25, 0.3) is 5.69 Å². The number of carbonyl (C=O) groups excluding carboxylic acids is 1. The van der Waals surface area contributed by atoms with Crippen LogP contribution in [0, 0.1) is 10.1 Å². The lowest BCUT2D eigenvalue weighted by Crippen LogP contribution is -2.01. The number of nitro groups is 1. The number of methoxy groups -OCH3 is 1. The summed E-state index contributed by atoms with van der Waals surface area (Å²) in [5.74, 6) is 0.184. The summed E-state index contributed by atoms with van der Waals surface area (Å²) in [6, 6.07) is 4.36. The fourth-order valence-electron chi connectivity index (χ4n) is 1.15. The van der Waals surface area contributed by atoms with Crippen molar-refractivity contribution in [3.05, 3.63) is 28.3 Å². The topological polar surface area (TPSA) is 95.5 Å². The predicted molar refractivity (Wildman–Crippen MR) is 64.9 cm³/mol. The molecule has 0 saturated heterocycles. The first-order chi connectivity index (χ1) is 8.02. The molecule has 7 heteroatoms. The van der Waals surface area contributed by atoms with Crippen LogP contribution in [0.4, 0.5) is 11.4 Å². The van der Waals surface area contributed by atoms with Crippen molar-refractivity contribution in [3.8, 4) is 0 Å². The van der Waals surface area contributed by atoms with Gasteiger partial charge in [-0.05, 0) is 6.07 Å². The molecule has 0 spiro atoms. The van der Waals surface area contributed by atoms with E-state index in [1.54, 1.807) is 6.07 Å². The van der Waals surface area contributed by atoms with Crippen LogP contribution in [0.3, 0.4) is 0 Å². The molecule has 0 fully saturated rings. The Balaban J connectivity index is 2.65. The van der Waals surface area contributed by atoms with Crippen LogP contribution in [0.2, 0.25) is 0 Å². The number of esters is 1. The average molecular weight is 256 g/mol. The first-order valence-electron chi connectivity index (χ1n) is 4.77. The van der Waals surface area contributed by atoms with Crippen molar-refractivity contribution in [2.24, 2.45) is 0 Å². The van der Waals surface area contributed by atoms with E-state index < -0.39 is 4.92 Å². The number of hydrogen-bond acceptors (Lipinski definition) is 6. The maximum absolute atomic E-state index is 10.9. The average Bonchev–Trinajstić information content (AvgIpc) is 2.28. The van der Waals surface area contributed by atoms with Crippen LogP contribution >= 0.6 is 11.8 Å². The third kappa shape index (κ3) is 4.31. The lowest BCUT2D eigenvalue weighted by molar-refractivity contribution is -0.385. The Morgan fingerprint density at radius 2 is 2.24 bits per heavy atom. The minimum Gasteiger partial charge on any atom is -0.469 e. The Morgan fingerprint density at radius 1 is 1.53 bits per heavy atom. The van der Waals surface area contributed by atoms with E-state index in [0.717, 1.165) is 0 Å².